The number of rotatable bonds is 4. The Hall–Kier alpha value is -0.830. The molecule has 0 heterocycles. The monoisotopic (exact) mass is 398 g/mol. The quantitative estimate of drug-likeness (QED) is 0.809. The van der Waals surface area contributed by atoms with Gasteiger partial charge in [-0.25, -0.2) is 13.6 Å². The molecule has 3 N–H and O–H groups in total. The lowest BCUT2D eigenvalue weighted by Gasteiger charge is -2.21. The van der Waals surface area contributed by atoms with Gasteiger partial charge in [0.15, 0.2) is 12.4 Å². The van der Waals surface area contributed by atoms with E-state index in [1.54, 1.807) is 0 Å². The average Bonchev–Trinajstić information content (AvgIpc) is 2.23. The van der Waals surface area contributed by atoms with Crippen molar-refractivity contribution < 1.29 is 17.9 Å². The minimum atomic E-state index is -4.03. The molecule has 1 amide bonds. The Morgan fingerprint density at radius 1 is 1.43 bits per heavy atom. The van der Waals surface area contributed by atoms with Crippen LogP contribution in [-0.4, -0.2) is 26.5 Å². The molecule has 0 fully saturated rings. The van der Waals surface area contributed by atoms with Crippen LogP contribution in [0.5, 0.6) is 5.75 Å². The Balaban J connectivity index is 3.02. The first-order valence-corrected chi connectivity index (χ1v) is 8.57. The van der Waals surface area contributed by atoms with Crippen LogP contribution >= 0.6 is 27.5 Å². The van der Waals surface area contributed by atoms with Gasteiger partial charge >= 0.3 is 0 Å². The van der Waals surface area contributed by atoms with Crippen molar-refractivity contribution in [2.24, 2.45) is 5.14 Å². The van der Waals surface area contributed by atoms with E-state index in [4.69, 9.17) is 21.5 Å². The zero-order valence-electron chi connectivity index (χ0n) is 11.7. The number of hydrogen-bond donors (Lipinski definition) is 2. The number of nitrogens with two attached hydrogens (primary N) is 1. The molecule has 0 radical (unpaired) electrons. The van der Waals surface area contributed by atoms with Gasteiger partial charge in [0.2, 0.25) is 10.0 Å². The molecule has 0 unspecified atom stereocenters. The number of benzene rings is 1. The molecule has 6 nitrogen and oxygen atoms in total. The number of nitrogens with one attached hydrogen (secondary N) is 1. The lowest BCUT2D eigenvalue weighted by Crippen LogP contribution is -2.43. The third-order valence-electron chi connectivity index (χ3n) is 2.14. The van der Waals surface area contributed by atoms with Crippen molar-refractivity contribution in [3.8, 4) is 5.75 Å². The van der Waals surface area contributed by atoms with Gasteiger partial charge in [-0.1, -0.05) is 27.5 Å². The molecule has 0 aromatic heterocycles. The van der Waals surface area contributed by atoms with E-state index in [9.17, 15) is 13.2 Å². The summed E-state index contributed by atoms with van der Waals surface area (Å²) < 4.78 is 28.8. The van der Waals surface area contributed by atoms with Crippen LogP contribution in [0.4, 0.5) is 0 Å². The van der Waals surface area contributed by atoms with Crippen molar-refractivity contribution in [1.82, 2.24) is 5.32 Å². The highest BCUT2D eigenvalue weighted by atomic mass is 79.9. The molecule has 0 bridgehead atoms. The van der Waals surface area contributed by atoms with E-state index in [2.05, 4.69) is 21.2 Å². The number of hydrogen-bond acceptors (Lipinski definition) is 4. The molecule has 0 aliphatic carbocycles. The average molecular weight is 400 g/mol. The predicted molar refractivity (Wildman–Crippen MR) is 83.9 cm³/mol. The van der Waals surface area contributed by atoms with E-state index < -0.39 is 21.5 Å². The van der Waals surface area contributed by atoms with Crippen molar-refractivity contribution in [2.75, 3.05) is 6.61 Å². The van der Waals surface area contributed by atoms with Crippen molar-refractivity contribution >= 4 is 43.5 Å². The fraction of sp³-hybridized carbons (Fsp3) is 0.417. The second-order valence-electron chi connectivity index (χ2n) is 5.35. The fourth-order valence-electron chi connectivity index (χ4n) is 1.48. The van der Waals surface area contributed by atoms with E-state index in [0.717, 1.165) is 0 Å². The van der Waals surface area contributed by atoms with Crippen molar-refractivity contribution in [3.05, 3.63) is 21.6 Å². The second-order valence-corrected chi connectivity index (χ2v) is 8.20. The predicted octanol–water partition coefficient (Wildman–Crippen LogP) is 2.04. The number of amides is 1. The maximum atomic E-state index is 11.7. The molecule has 0 aliphatic heterocycles. The summed E-state index contributed by atoms with van der Waals surface area (Å²) in [5, 5.41) is 7.84. The van der Waals surface area contributed by atoms with Gasteiger partial charge in [0.05, 0.1) is 5.02 Å². The number of sulfonamides is 1. The van der Waals surface area contributed by atoms with E-state index in [1.807, 2.05) is 20.8 Å². The van der Waals surface area contributed by atoms with Crippen molar-refractivity contribution in [1.29, 1.82) is 0 Å². The van der Waals surface area contributed by atoms with Gasteiger partial charge in [0.1, 0.15) is 4.90 Å². The summed E-state index contributed by atoms with van der Waals surface area (Å²) in [6.07, 6.45) is 0. The van der Waals surface area contributed by atoms with E-state index in [-0.39, 0.29) is 22.3 Å². The van der Waals surface area contributed by atoms with Crippen LogP contribution in [0.25, 0.3) is 0 Å². The van der Waals surface area contributed by atoms with E-state index in [0.29, 0.717) is 4.47 Å². The third-order valence-corrected chi connectivity index (χ3v) is 3.80. The molecule has 1 aromatic carbocycles. The first kappa shape index (κ1) is 18.2. The summed E-state index contributed by atoms with van der Waals surface area (Å²) in [6.45, 7) is 5.06. The summed E-state index contributed by atoms with van der Waals surface area (Å²) in [7, 11) is -4.03. The van der Waals surface area contributed by atoms with Crippen LogP contribution < -0.4 is 15.2 Å². The summed E-state index contributed by atoms with van der Waals surface area (Å²) >= 11 is 9.07. The number of carbonyl (C=O) groups excluding carboxylic acids is 1. The maximum Gasteiger partial charge on any atom is 0.258 e. The number of carbonyl (C=O) groups is 1. The lowest BCUT2D eigenvalue weighted by molar-refractivity contribution is -0.124. The Morgan fingerprint density at radius 3 is 2.48 bits per heavy atom. The summed E-state index contributed by atoms with van der Waals surface area (Å²) in [5.41, 5.74) is -0.424. The van der Waals surface area contributed by atoms with Gasteiger partial charge in [-0.05, 0) is 32.9 Å². The van der Waals surface area contributed by atoms with Crippen LogP contribution in [0.15, 0.2) is 21.5 Å². The van der Waals surface area contributed by atoms with Crippen LogP contribution in [-0.2, 0) is 14.8 Å². The first-order chi connectivity index (χ1) is 9.40. The molecule has 0 saturated carbocycles. The zero-order valence-corrected chi connectivity index (χ0v) is 14.9. The summed E-state index contributed by atoms with van der Waals surface area (Å²) in [6, 6.07) is 2.71. The minimum Gasteiger partial charge on any atom is -0.481 e. The highest BCUT2D eigenvalue weighted by Gasteiger charge is 2.21. The van der Waals surface area contributed by atoms with Crippen LogP contribution in [0, 0.1) is 0 Å². The number of primary sulfonamides is 1. The molecule has 9 heteroatoms. The van der Waals surface area contributed by atoms with Crippen LogP contribution in [0.2, 0.25) is 5.02 Å². The standard InChI is InChI=1S/C12H16BrClN2O4S/c1-12(2,3)16-10(17)6-20-11-8(14)4-7(13)5-9(11)21(15,18)19/h4-5H,6H2,1-3H3,(H,16,17)(H2,15,18,19). The smallest absolute Gasteiger partial charge is 0.258 e. The normalized spacial score (nSPS) is 12.1. The summed E-state index contributed by atoms with van der Waals surface area (Å²) in [4.78, 5) is 11.4. The summed E-state index contributed by atoms with van der Waals surface area (Å²) in [5.74, 6) is -0.548. The molecular formula is C12H16BrClN2O4S. The minimum absolute atomic E-state index is 0.0389. The first-order valence-electron chi connectivity index (χ1n) is 5.86. The van der Waals surface area contributed by atoms with E-state index in [1.165, 1.54) is 12.1 Å². The highest BCUT2D eigenvalue weighted by molar-refractivity contribution is 9.10. The topological polar surface area (TPSA) is 98.5 Å². The molecule has 0 spiro atoms. The second kappa shape index (κ2) is 6.51. The van der Waals surface area contributed by atoms with Crippen LogP contribution in [0.1, 0.15) is 20.8 Å². The molecule has 1 aromatic rings. The lowest BCUT2D eigenvalue weighted by atomic mass is 10.1. The molecule has 1 rings (SSSR count). The number of halogens is 2. The number of ether oxygens (including phenoxy) is 1. The molecule has 21 heavy (non-hydrogen) atoms. The van der Waals surface area contributed by atoms with Gasteiger partial charge in [-0.3, -0.25) is 4.79 Å². The Kier molecular flexibility index (Phi) is 5.65. The Morgan fingerprint density at radius 2 is 2.00 bits per heavy atom. The largest absolute Gasteiger partial charge is 0.481 e. The third kappa shape index (κ3) is 5.82. The molecule has 0 saturated heterocycles. The molecule has 0 atom stereocenters. The fourth-order valence-corrected chi connectivity index (χ4v) is 3.27. The van der Waals surface area contributed by atoms with Gasteiger partial charge in [0, 0.05) is 10.0 Å². The van der Waals surface area contributed by atoms with Gasteiger partial charge in [0.25, 0.3) is 5.91 Å². The van der Waals surface area contributed by atoms with Crippen molar-refractivity contribution in [2.45, 2.75) is 31.2 Å². The highest BCUT2D eigenvalue weighted by Crippen LogP contribution is 2.34. The zero-order chi connectivity index (χ0) is 16.4. The Labute approximate surface area is 137 Å². The SMILES string of the molecule is CC(C)(C)NC(=O)COc1c(Cl)cc(Br)cc1S(N)(=O)=O. The maximum absolute atomic E-state index is 11.7. The van der Waals surface area contributed by atoms with E-state index >= 15 is 0 Å². The molecule has 118 valence electrons. The molecular weight excluding hydrogens is 384 g/mol. The van der Waals surface area contributed by atoms with Gasteiger partial charge < -0.3 is 10.1 Å². The Bertz CT molecular complexity index is 656. The van der Waals surface area contributed by atoms with Crippen LogP contribution in [0.3, 0.4) is 0 Å². The van der Waals surface area contributed by atoms with Gasteiger partial charge in [-0.2, -0.15) is 0 Å². The van der Waals surface area contributed by atoms with Gasteiger partial charge in [-0.15, -0.1) is 0 Å². The van der Waals surface area contributed by atoms with Crippen molar-refractivity contribution in [3.63, 3.8) is 0 Å². The molecule has 0 aliphatic rings.